The summed E-state index contributed by atoms with van der Waals surface area (Å²) < 4.78 is 0. The van der Waals surface area contributed by atoms with Crippen molar-refractivity contribution in [2.45, 2.75) is 44.2 Å². The van der Waals surface area contributed by atoms with Gasteiger partial charge >= 0.3 is 0 Å². The van der Waals surface area contributed by atoms with Gasteiger partial charge < -0.3 is 15.7 Å². The molecule has 0 aliphatic heterocycles. The van der Waals surface area contributed by atoms with E-state index in [-0.39, 0.29) is 6.04 Å². The summed E-state index contributed by atoms with van der Waals surface area (Å²) in [6, 6.07) is 3.81. The van der Waals surface area contributed by atoms with Gasteiger partial charge in [-0.25, -0.2) is 0 Å². The third-order valence-electron chi connectivity index (χ3n) is 4.09. The maximum atomic E-state index is 10.5. The van der Waals surface area contributed by atoms with Crippen LogP contribution >= 0.6 is 11.6 Å². The fourth-order valence-electron chi connectivity index (χ4n) is 2.80. The lowest BCUT2D eigenvalue weighted by Crippen LogP contribution is -2.32. The van der Waals surface area contributed by atoms with Crippen molar-refractivity contribution >= 4 is 11.6 Å². The summed E-state index contributed by atoms with van der Waals surface area (Å²) in [4.78, 5) is 2.07. The normalized spacial score (nSPS) is 17.9. The fourth-order valence-corrected chi connectivity index (χ4v) is 3.10. The maximum absolute atomic E-state index is 10.5. The SMILES string of the molecule is CN(C)CCC(N)C(O)c1cc2c(cc1Cl)CCCC2. The number of benzene rings is 1. The third-order valence-corrected chi connectivity index (χ3v) is 4.42. The number of hydrogen-bond acceptors (Lipinski definition) is 3. The van der Waals surface area contributed by atoms with Gasteiger partial charge in [-0.05, 0) is 69.9 Å². The quantitative estimate of drug-likeness (QED) is 0.878. The molecule has 0 saturated heterocycles. The minimum absolute atomic E-state index is 0.281. The average molecular weight is 297 g/mol. The Morgan fingerprint density at radius 2 is 1.85 bits per heavy atom. The van der Waals surface area contributed by atoms with Crippen molar-refractivity contribution in [3.63, 3.8) is 0 Å². The molecule has 0 amide bonds. The first-order valence-electron chi connectivity index (χ1n) is 7.38. The average Bonchev–Trinajstić information content (AvgIpc) is 2.43. The number of aliphatic hydroxyl groups excluding tert-OH is 1. The Morgan fingerprint density at radius 1 is 1.25 bits per heavy atom. The predicted octanol–water partition coefficient (Wildman–Crippen LogP) is 2.53. The van der Waals surface area contributed by atoms with Gasteiger partial charge in [0.2, 0.25) is 0 Å². The maximum Gasteiger partial charge on any atom is 0.0955 e. The Labute approximate surface area is 126 Å². The number of fused-ring (bicyclic) bond motifs is 1. The van der Waals surface area contributed by atoms with E-state index in [0.717, 1.165) is 31.4 Å². The molecule has 1 aromatic carbocycles. The molecular formula is C16H25ClN2O. The number of aryl methyl sites for hydroxylation is 2. The number of aliphatic hydroxyl groups is 1. The van der Waals surface area contributed by atoms with Gasteiger partial charge in [0.05, 0.1) is 6.10 Å². The van der Waals surface area contributed by atoms with Gasteiger partial charge in [-0.2, -0.15) is 0 Å². The largest absolute Gasteiger partial charge is 0.387 e. The molecule has 0 fully saturated rings. The molecule has 2 rings (SSSR count). The van der Waals surface area contributed by atoms with E-state index in [0.29, 0.717) is 5.02 Å². The van der Waals surface area contributed by atoms with E-state index in [4.69, 9.17) is 17.3 Å². The van der Waals surface area contributed by atoms with Crippen LogP contribution in [0.2, 0.25) is 5.02 Å². The first-order chi connectivity index (χ1) is 9.49. The minimum atomic E-state index is -0.685. The lowest BCUT2D eigenvalue weighted by atomic mass is 9.88. The predicted molar refractivity (Wildman–Crippen MR) is 84.2 cm³/mol. The van der Waals surface area contributed by atoms with Crippen molar-refractivity contribution < 1.29 is 5.11 Å². The molecule has 0 saturated carbocycles. The third kappa shape index (κ3) is 3.73. The van der Waals surface area contributed by atoms with E-state index in [9.17, 15) is 5.11 Å². The van der Waals surface area contributed by atoms with E-state index < -0.39 is 6.10 Å². The molecule has 3 nitrogen and oxygen atoms in total. The standard InChI is InChI=1S/C16H25ClN2O/c1-19(2)8-7-15(18)16(20)13-9-11-5-3-4-6-12(11)10-14(13)17/h9-10,15-16,20H,3-8,18H2,1-2H3. The van der Waals surface area contributed by atoms with Gasteiger partial charge in [0.25, 0.3) is 0 Å². The number of hydrogen-bond donors (Lipinski definition) is 2. The number of nitrogens with two attached hydrogens (primary N) is 1. The van der Waals surface area contributed by atoms with Crippen LogP contribution in [-0.4, -0.2) is 36.7 Å². The molecule has 1 aliphatic rings. The second-order valence-electron chi connectivity index (χ2n) is 6.05. The van der Waals surface area contributed by atoms with E-state index in [1.807, 2.05) is 20.2 Å². The molecule has 3 N–H and O–H groups in total. The fraction of sp³-hybridized carbons (Fsp3) is 0.625. The van der Waals surface area contributed by atoms with Crippen LogP contribution in [-0.2, 0) is 12.8 Å². The zero-order chi connectivity index (χ0) is 14.7. The van der Waals surface area contributed by atoms with E-state index >= 15 is 0 Å². The molecule has 1 aliphatic carbocycles. The first kappa shape index (κ1) is 15.8. The molecule has 4 heteroatoms. The molecule has 112 valence electrons. The monoisotopic (exact) mass is 296 g/mol. The summed E-state index contributed by atoms with van der Waals surface area (Å²) in [5.74, 6) is 0. The summed E-state index contributed by atoms with van der Waals surface area (Å²) in [7, 11) is 4.01. The molecule has 0 aromatic heterocycles. The first-order valence-corrected chi connectivity index (χ1v) is 7.76. The van der Waals surface area contributed by atoms with Crippen LogP contribution < -0.4 is 5.73 Å². The second-order valence-corrected chi connectivity index (χ2v) is 6.46. The van der Waals surface area contributed by atoms with Gasteiger partial charge in [0.15, 0.2) is 0 Å². The molecule has 0 radical (unpaired) electrons. The van der Waals surface area contributed by atoms with Crippen LogP contribution in [0.15, 0.2) is 12.1 Å². The summed E-state index contributed by atoms with van der Waals surface area (Å²) in [5, 5.41) is 11.1. The van der Waals surface area contributed by atoms with Crippen molar-refractivity contribution in [2.75, 3.05) is 20.6 Å². The summed E-state index contributed by atoms with van der Waals surface area (Å²) in [6.07, 6.45) is 4.69. The van der Waals surface area contributed by atoms with Crippen LogP contribution in [0, 0.1) is 0 Å². The second kappa shape index (κ2) is 6.90. The molecule has 20 heavy (non-hydrogen) atoms. The van der Waals surface area contributed by atoms with Crippen LogP contribution in [0.5, 0.6) is 0 Å². The highest BCUT2D eigenvalue weighted by Crippen LogP contribution is 2.32. The summed E-state index contributed by atoms with van der Waals surface area (Å²) >= 11 is 6.34. The Bertz CT molecular complexity index is 462. The Balaban J connectivity index is 2.14. The molecule has 0 spiro atoms. The number of rotatable bonds is 5. The summed E-state index contributed by atoms with van der Waals surface area (Å²) in [5.41, 5.74) is 9.56. The van der Waals surface area contributed by atoms with Crippen molar-refractivity contribution in [1.82, 2.24) is 4.90 Å². The topological polar surface area (TPSA) is 49.5 Å². The number of halogens is 1. The highest BCUT2D eigenvalue weighted by atomic mass is 35.5. The van der Waals surface area contributed by atoms with E-state index in [1.165, 1.54) is 24.0 Å². The molecule has 0 heterocycles. The van der Waals surface area contributed by atoms with E-state index in [2.05, 4.69) is 11.0 Å². The van der Waals surface area contributed by atoms with Crippen molar-refractivity contribution in [3.05, 3.63) is 33.8 Å². The molecule has 2 unspecified atom stereocenters. The molecule has 1 aromatic rings. The Kier molecular flexibility index (Phi) is 5.44. The molecular weight excluding hydrogens is 272 g/mol. The van der Waals surface area contributed by atoms with Crippen LogP contribution in [0.1, 0.15) is 42.1 Å². The minimum Gasteiger partial charge on any atom is -0.387 e. The van der Waals surface area contributed by atoms with Gasteiger partial charge in [0, 0.05) is 16.6 Å². The number of nitrogens with zero attached hydrogens (tertiary/aromatic N) is 1. The van der Waals surface area contributed by atoms with Gasteiger partial charge in [-0.15, -0.1) is 0 Å². The van der Waals surface area contributed by atoms with Gasteiger partial charge in [-0.1, -0.05) is 17.7 Å². The highest BCUT2D eigenvalue weighted by molar-refractivity contribution is 6.31. The smallest absolute Gasteiger partial charge is 0.0955 e. The Morgan fingerprint density at radius 3 is 2.45 bits per heavy atom. The van der Waals surface area contributed by atoms with Crippen molar-refractivity contribution in [2.24, 2.45) is 5.73 Å². The van der Waals surface area contributed by atoms with Gasteiger partial charge in [-0.3, -0.25) is 0 Å². The van der Waals surface area contributed by atoms with Crippen LogP contribution in [0.3, 0.4) is 0 Å². The molecule has 0 bridgehead atoms. The van der Waals surface area contributed by atoms with Gasteiger partial charge in [0.1, 0.15) is 0 Å². The zero-order valence-electron chi connectivity index (χ0n) is 12.4. The van der Waals surface area contributed by atoms with Crippen molar-refractivity contribution in [1.29, 1.82) is 0 Å². The van der Waals surface area contributed by atoms with Crippen LogP contribution in [0.25, 0.3) is 0 Å². The zero-order valence-corrected chi connectivity index (χ0v) is 13.2. The lowest BCUT2D eigenvalue weighted by molar-refractivity contribution is 0.137. The van der Waals surface area contributed by atoms with Crippen LogP contribution in [0.4, 0.5) is 0 Å². The molecule has 2 atom stereocenters. The lowest BCUT2D eigenvalue weighted by Gasteiger charge is -2.24. The highest BCUT2D eigenvalue weighted by Gasteiger charge is 2.22. The Hall–Kier alpha value is -0.610. The van der Waals surface area contributed by atoms with E-state index in [1.54, 1.807) is 0 Å². The van der Waals surface area contributed by atoms with Crippen molar-refractivity contribution in [3.8, 4) is 0 Å². The summed E-state index contributed by atoms with van der Waals surface area (Å²) in [6.45, 7) is 0.862.